The van der Waals surface area contributed by atoms with Gasteiger partial charge in [0.05, 0.1) is 23.8 Å². The first-order valence-corrected chi connectivity index (χ1v) is 12.0. The molecule has 170 valence electrons. The number of amides is 2. The van der Waals surface area contributed by atoms with Gasteiger partial charge >= 0.3 is 29.6 Å². The number of aromatic nitrogens is 5. The van der Waals surface area contributed by atoms with E-state index in [2.05, 4.69) is 25.8 Å². The van der Waals surface area contributed by atoms with Gasteiger partial charge in [0.15, 0.2) is 5.13 Å². The van der Waals surface area contributed by atoms with E-state index < -0.39 is 28.9 Å². The maximum absolute atomic E-state index is 13.1. The van der Waals surface area contributed by atoms with E-state index in [0.29, 0.717) is 27.3 Å². The van der Waals surface area contributed by atoms with Gasteiger partial charge in [-0.1, -0.05) is 11.8 Å². The molecule has 2 aromatic heterocycles. The molecule has 2 aliphatic rings. The summed E-state index contributed by atoms with van der Waals surface area (Å²) in [6, 6.07) is 0. The Morgan fingerprint density at radius 2 is 2.24 bits per heavy atom. The molecule has 4 heterocycles. The number of rotatable bonds is 8. The Labute approximate surface area is 222 Å². The molecular formula is C16H17N8NaO5S3. The van der Waals surface area contributed by atoms with E-state index in [0.717, 1.165) is 4.90 Å². The zero-order valence-corrected chi connectivity index (χ0v) is 22.3. The monoisotopic (exact) mass is 520 g/mol. The minimum Gasteiger partial charge on any atom is -0.543 e. The van der Waals surface area contributed by atoms with Crippen LogP contribution in [0, 0.1) is 0 Å². The van der Waals surface area contributed by atoms with Crippen molar-refractivity contribution in [2.75, 3.05) is 24.3 Å². The van der Waals surface area contributed by atoms with Crippen LogP contribution in [0.5, 0.6) is 0 Å². The topological polar surface area (TPSA) is 181 Å². The number of tetrazole rings is 1. The van der Waals surface area contributed by atoms with Gasteiger partial charge in [-0.05, 0) is 16.0 Å². The zero-order chi connectivity index (χ0) is 23.0. The third kappa shape index (κ3) is 4.78. The van der Waals surface area contributed by atoms with Crippen molar-refractivity contribution in [3.05, 3.63) is 22.3 Å². The van der Waals surface area contributed by atoms with Gasteiger partial charge in [-0.2, -0.15) is 0 Å². The number of nitrogen functional groups attached to an aromatic ring is 1. The number of nitrogens with two attached hydrogens (primary N) is 1. The van der Waals surface area contributed by atoms with Crippen molar-refractivity contribution in [2.24, 2.45) is 7.05 Å². The molecule has 2 aliphatic heterocycles. The van der Waals surface area contributed by atoms with Gasteiger partial charge in [0, 0.05) is 31.0 Å². The van der Waals surface area contributed by atoms with E-state index in [4.69, 9.17) is 10.5 Å². The summed E-state index contributed by atoms with van der Waals surface area (Å²) in [6.45, 7) is 0. The molecule has 0 bridgehead atoms. The van der Waals surface area contributed by atoms with Crippen molar-refractivity contribution in [1.82, 2.24) is 35.4 Å². The smallest absolute Gasteiger partial charge is 0.543 e. The molecule has 3 N–H and O–H groups in total. The molecule has 2 amide bonds. The Morgan fingerprint density at radius 3 is 2.82 bits per heavy atom. The normalized spacial score (nSPS) is 21.8. The fourth-order valence-electron chi connectivity index (χ4n) is 3.36. The number of β-lactam (4-membered cyclic amide) rings is 1. The Bertz CT molecular complexity index is 1120. The molecule has 0 radical (unpaired) electrons. The van der Waals surface area contributed by atoms with Crippen LogP contribution in [-0.4, -0.2) is 77.6 Å². The number of methoxy groups -OCH3 is 1. The maximum atomic E-state index is 13.1. The number of fused-ring (bicyclic) bond motifs is 1. The summed E-state index contributed by atoms with van der Waals surface area (Å²) in [5.41, 5.74) is 4.62. The number of anilines is 1. The van der Waals surface area contributed by atoms with E-state index >= 15 is 0 Å². The second-order valence-electron chi connectivity index (χ2n) is 6.79. The Kier molecular flexibility index (Phi) is 8.08. The fourth-order valence-corrected chi connectivity index (χ4v) is 6.35. The van der Waals surface area contributed by atoms with Crippen LogP contribution in [0.25, 0.3) is 0 Å². The summed E-state index contributed by atoms with van der Waals surface area (Å²) in [5, 5.41) is 27.3. The van der Waals surface area contributed by atoms with Gasteiger partial charge in [-0.3, -0.25) is 14.5 Å². The van der Waals surface area contributed by atoms with Gasteiger partial charge < -0.3 is 25.7 Å². The number of hydrogen-bond acceptors (Lipinski definition) is 13. The van der Waals surface area contributed by atoms with Crippen LogP contribution in [0.2, 0.25) is 0 Å². The predicted molar refractivity (Wildman–Crippen MR) is 113 cm³/mol. The third-order valence-corrected chi connectivity index (χ3v) is 8.01. The molecule has 17 heteroatoms. The van der Waals surface area contributed by atoms with Crippen LogP contribution >= 0.6 is 34.9 Å². The first-order valence-electron chi connectivity index (χ1n) is 9.06. The number of thioether (sulfide) groups is 2. The number of nitrogens with zero attached hydrogens (tertiary/aromatic N) is 6. The Hall–Kier alpha value is -1.69. The average molecular weight is 521 g/mol. The number of carboxylic acid groups (broad SMARTS) is 1. The average Bonchev–Trinajstić information content (AvgIpc) is 3.36. The summed E-state index contributed by atoms with van der Waals surface area (Å²) in [7, 11) is 2.95. The van der Waals surface area contributed by atoms with Gasteiger partial charge in [0.2, 0.25) is 11.1 Å². The van der Waals surface area contributed by atoms with Gasteiger partial charge in [0.1, 0.15) is 5.37 Å². The van der Waals surface area contributed by atoms with E-state index in [9.17, 15) is 19.5 Å². The van der Waals surface area contributed by atoms with Crippen LogP contribution in [0.3, 0.4) is 0 Å². The van der Waals surface area contributed by atoms with Gasteiger partial charge in [-0.15, -0.1) is 28.2 Å². The molecule has 0 unspecified atom stereocenters. The van der Waals surface area contributed by atoms with E-state index in [1.807, 2.05) is 0 Å². The number of thiazole rings is 1. The van der Waals surface area contributed by atoms with E-state index in [1.165, 1.54) is 46.7 Å². The second-order valence-corrected chi connectivity index (χ2v) is 9.69. The second kappa shape index (κ2) is 10.3. The minimum atomic E-state index is -1.68. The quantitative estimate of drug-likeness (QED) is 0.147. The van der Waals surface area contributed by atoms with Crippen LogP contribution in [0.4, 0.5) is 5.13 Å². The largest absolute Gasteiger partial charge is 1.00 e. The molecule has 4 rings (SSSR count). The summed E-state index contributed by atoms with van der Waals surface area (Å²) in [5.74, 6) is -2.13. The first kappa shape index (κ1) is 25.9. The Morgan fingerprint density at radius 1 is 1.48 bits per heavy atom. The molecule has 0 aliphatic carbocycles. The summed E-state index contributed by atoms with van der Waals surface area (Å²) in [4.78, 5) is 42.6. The molecule has 1 fully saturated rings. The van der Waals surface area contributed by atoms with Gasteiger partial charge in [-0.25, -0.2) is 9.67 Å². The Balaban J connectivity index is 0.00000306. The molecule has 13 nitrogen and oxygen atoms in total. The summed E-state index contributed by atoms with van der Waals surface area (Å²) < 4.78 is 6.87. The molecule has 33 heavy (non-hydrogen) atoms. The van der Waals surface area contributed by atoms with Crippen LogP contribution in [0.1, 0.15) is 5.69 Å². The van der Waals surface area contributed by atoms with Crippen molar-refractivity contribution < 1.29 is 53.8 Å². The molecular weight excluding hydrogens is 503 g/mol. The number of carboxylic acids is 1. The molecule has 0 saturated carbocycles. The van der Waals surface area contributed by atoms with E-state index in [1.54, 1.807) is 12.4 Å². The van der Waals surface area contributed by atoms with Crippen LogP contribution in [-0.2, 0) is 32.6 Å². The van der Waals surface area contributed by atoms with Crippen LogP contribution in [0.15, 0.2) is 21.8 Å². The summed E-state index contributed by atoms with van der Waals surface area (Å²) in [6.07, 6.45) is -0.0969. The minimum absolute atomic E-state index is 0. The number of aliphatic carboxylic acids is 1. The van der Waals surface area contributed by atoms with Crippen molar-refractivity contribution in [1.29, 1.82) is 0 Å². The van der Waals surface area contributed by atoms with Crippen molar-refractivity contribution in [3.63, 3.8) is 0 Å². The molecule has 2 atom stereocenters. The van der Waals surface area contributed by atoms with Crippen molar-refractivity contribution >= 4 is 57.8 Å². The number of carbonyl (C=O) groups excluding carboxylic acids is 3. The third-order valence-electron chi connectivity index (χ3n) is 4.82. The molecule has 0 spiro atoms. The SMILES string of the molecule is CO[C@@]1(NC(=O)Cc2csc(N)n2)C(=O)N2C(C(=O)[O-])=C(CSc3nnnn3C)CS[C@H]21.[Na+]. The van der Waals surface area contributed by atoms with Crippen LogP contribution < -0.4 is 45.7 Å². The molecule has 0 aromatic carbocycles. The van der Waals surface area contributed by atoms with Gasteiger partial charge in [0.25, 0.3) is 11.6 Å². The molecule has 1 saturated heterocycles. The maximum Gasteiger partial charge on any atom is 1.00 e. The van der Waals surface area contributed by atoms with Crippen molar-refractivity contribution in [2.45, 2.75) is 22.7 Å². The summed E-state index contributed by atoms with van der Waals surface area (Å²) >= 11 is 3.72. The number of nitrogens with one attached hydrogen (secondary N) is 1. The standard InChI is InChI=1S/C16H18N8O5S3.Na/c1-23-15(20-21-22-23)32-5-7-4-30-13-16(29-2,12(28)24(13)10(7)11(26)27)19-9(25)3-8-6-31-14(17)18-8;/h6,13H,3-5H2,1-2H3,(H2,17,18)(H,19,25)(H,26,27);/q;+1/p-1/t13-,16-;/m0./s1. The number of ether oxygens (including phenoxy) is 1. The first-order chi connectivity index (χ1) is 15.3. The van der Waals surface area contributed by atoms with Crippen molar-refractivity contribution in [3.8, 4) is 0 Å². The zero-order valence-electron chi connectivity index (χ0n) is 17.8. The number of carbonyl (C=O) groups is 3. The van der Waals surface area contributed by atoms with E-state index in [-0.39, 0.29) is 47.4 Å². The predicted octanol–water partition coefficient (Wildman–Crippen LogP) is -5.03. The number of hydrogen-bond donors (Lipinski definition) is 2. The number of aryl methyl sites for hydroxylation is 1. The molecule has 2 aromatic rings. The fraction of sp³-hybridized carbons (Fsp3) is 0.438.